The van der Waals surface area contributed by atoms with Gasteiger partial charge < -0.3 is 14.2 Å². The zero-order valence-corrected chi connectivity index (χ0v) is 7.06. The fourth-order valence-corrected chi connectivity index (χ4v) is 1.39. The fourth-order valence-electron chi connectivity index (χ4n) is 1.39. The molecule has 0 amide bonds. The fraction of sp³-hybridized carbons (Fsp3) is 0.444. The first-order chi connectivity index (χ1) is 6.29. The average molecular weight is 182 g/mol. The average Bonchev–Trinajstić information content (AvgIpc) is 2.63. The van der Waals surface area contributed by atoms with Crippen LogP contribution in [0.15, 0.2) is 24.5 Å². The van der Waals surface area contributed by atoms with Crippen molar-refractivity contribution >= 4 is 5.97 Å². The monoisotopic (exact) mass is 182 g/mol. The Balaban J connectivity index is 1.91. The summed E-state index contributed by atoms with van der Waals surface area (Å²) in [6.45, 7) is 3.88. The van der Waals surface area contributed by atoms with Gasteiger partial charge in [0.1, 0.15) is 11.9 Å². The normalized spacial score (nSPS) is 30.3. The van der Waals surface area contributed by atoms with Crippen molar-refractivity contribution in [3.05, 3.63) is 24.5 Å². The number of carbonyl (C=O) groups excluding carboxylic acids is 1. The highest BCUT2D eigenvalue weighted by Crippen LogP contribution is 2.30. The van der Waals surface area contributed by atoms with Crippen LogP contribution in [0.4, 0.5) is 0 Å². The van der Waals surface area contributed by atoms with Crippen molar-refractivity contribution in [2.24, 2.45) is 0 Å². The SMILES string of the molecule is C=CC(=O)OC1CC2OCC=C2O1. The summed E-state index contributed by atoms with van der Waals surface area (Å²) in [5.74, 6) is 0.312. The molecule has 0 aromatic heterocycles. The molecule has 0 saturated carbocycles. The van der Waals surface area contributed by atoms with Gasteiger partial charge in [-0.25, -0.2) is 4.79 Å². The molecule has 4 nitrogen and oxygen atoms in total. The van der Waals surface area contributed by atoms with Gasteiger partial charge in [-0.15, -0.1) is 0 Å². The molecular weight excluding hydrogens is 172 g/mol. The van der Waals surface area contributed by atoms with Crippen LogP contribution in [0.1, 0.15) is 6.42 Å². The second kappa shape index (κ2) is 3.22. The van der Waals surface area contributed by atoms with Gasteiger partial charge in [0.2, 0.25) is 6.29 Å². The minimum atomic E-state index is -0.512. The van der Waals surface area contributed by atoms with Gasteiger partial charge >= 0.3 is 5.97 Å². The largest absolute Gasteiger partial charge is 0.456 e. The van der Waals surface area contributed by atoms with E-state index in [1.165, 1.54) is 0 Å². The van der Waals surface area contributed by atoms with E-state index in [0.717, 1.165) is 11.8 Å². The van der Waals surface area contributed by atoms with Crippen LogP contribution in [0.25, 0.3) is 0 Å². The van der Waals surface area contributed by atoms with E-state index in [-0.39, 0.29) is 6.10 Å². The number of hydrogen-bond acceptors (Lipinski definition) is 4. The van der Waals surface area contributed by atoms with E-state index in [2.05, 4.69) is 6.58 Å². The van der Waals surface area contributed by atoms with E-state index >= 15 is 0 Å². The zero-order valence-electron chi connectivity index (χ0n) is 7.06. The summed E-state index contributed by atoms with van der Waals surface area (Å²) in [6.07, 6.45) is 3.01. The number of fused-ring (bicyclic) bond motifs is 1. The third-order valence-corrected chi connectivity index (χ3v) is 1.99. The Hall–Kier alpha value is -1.29. The Kier molecular flexibility index (Phi) is 2.06. The van der Waals surface area contributed by atoms with Crippen LogP contribution in [-0.2, 0) is 19.0 Å². The van der Waals surface area contributed by atoms with E-state index < -0.39 is 12.3 Å². The molecule has 1 saturated heterocycles. The Morgan fingerprint density at radius 3 is 3.31 bits per heavy atom. The maximum absolute atomic E-state index is 10.8. The first-order valence-corrected chi connectivity index (χ1v) is 4.11. The molecule has 0 aromatic carbocycles. The maximum Gasteiger partial charge on any atom is 0.333 e. The molecule has 0 aliphatic carbocycles. The third-order valence-electron chi connectivity index (χ3n) is 1.99. The molecule has 2 aliphatic rings. The minimum Gasteiger partial charge on any atom is -0.456 e. The summed E-state index contributed by atoms with van der Waals surface area (Å²) in [4.78, 5) is 10.8. The molecule has 0 aromatic rings. The Labute approximate surface area is 75.8 Å². The predicted octanol–water partition coefficient (Wildman–Crippen LogP) is 0.745. The highest BCUT2D eigenvalue weighted by Gasteiger charge is 2.36. The van der Waals surface area contributed by atoms with Gasteiger partial charge in [0.25, 0.3) is 0 Å². The Bertz CT molecular complexity index is 267. The molecule has 2 atom stereocenters. The smallest absolute Gasteiger partial charge is 0.333 e. The molecule has 0 bridgehead atoms. The number of hydrogen-bond donors (Lipinski definition) is 0. The van der Waals surface area contributed by atoms with Crippen LogP contribution >= 0.6 is 0 Å². The maximum atomic E-state index is 10.8. The molecule has 2 heterocycles. The van der Waals surface area contributed by atoms with Crippen molar-refractivity contribution in [1.29, 1.82) is 0 Å². The topological polar surface area (TPSA) is 44.8 Å². The molecular formula is C9H10O4. The number of ether oxygens (including phenoxy) is 3. The van der Waals surface area contributed by atoms with E-state index in [1.807, 2.05) is 6.08 Å². The lowest BCUT2D eigenvalue weighted by atomic mass is 10.3. The molecule has 13 heavy (non-hydrogen) atoms. The van der Waals surface area contributed by atoms with Crippen LogP contribution in [0.5, 0.6) is 0 Å². The van der Waals surface area contributed by atoms with Crippen molar-refractivity contribution in [2.45, 2.75) is 18.8 Å². The van der Waals surface area contributed by atoms with Crippen molar-refractivity contribution in [3.8, 4) is 0 Å². The van der Waals surface area contributed by atoms with Crippen molar-refractivity contribution in [2.75, 3.05) is 6.61 Å². The van der Waals surface area contributed by atoms with Crippen LogP contribution < -0.4 is 0 Å². The molecule has 0 N–H and O–H groups in total. The van der Waals surface area contributed by atoms with Gasteiger partial charge in [-0.2, -0.15) is 0 Å². The Morgan fingerprint density at radius 2 is 2.62 bits per heavy atom. The summed E-state index contributed by atoms with van der Waals surface area (Å²) < 4.78 is 15.5. The second-order valence-corrected chi connectivity index (χ2v) is 2.85. The third kappa shape index (κ3) is 1.58. The first-order valence-electron chi connectivity index (χ1n) is 4.11. The summed E-state index contributed by atoms with van der Waals surface area (Å²) >= 11 is 0. The van der Waals surface area contributed by atoms with E-state index in [1.54, 1.807) is 0 Å². The zero-order chi connectivity index (χ0) is 9.26. The summed E-state index contributed by atoms with van der Waals surface area (Å²) in [5.41, 5.74) is 0. The number of esters is 1. The second-order valence-electron chi connectivity index (χ2n) is 2.85. The highest BCUT2D eigenvalue weighted by molar-refractivity contribution is 5.81. The van der Waals surface area contributed by atoms with Crippen molar-refractivity contribution in [1.82, 2.24) is 0 Å². The predicted molar refractivity (Wildman–Crippen MR) is 43.6 cm³/mol. The molecule has 2 aliphatic heterocycles. The van der Waals surface area contributed by atoms with Gasteiger partial charge in [-0.05, 0) is 6.08 Å². The lowest BCUT2D eigenvalue weighted by Crippen LogP contribution is -2.16. The molecule has 1 fully saturated rings. The lowest BCUT2D eigenvalue weighted by Gasteiger charge is -2.09. The summed E-state index contributed by atoms with van der Waals surface area (Å²) in [7, 11) is 0. The quantitative estimate of drug-likeness (QED) is 0.467. The highest BCUT2D eigenvalue weighted by atomic mass is 16.7. The molecule has 2 rings (SSSR count). The van der Waals surface area contributed by atoms with Gasteiger partial charge in [-0.1, -0.05) is 6.58 Å². The lowest BCUT2D eigenvalue weighted by molar-refractivity contribution is -0.160. The summed E-state index contributed by atoms with van der Waals surface area (Å²) in [5, 5.41) is 0. The van der Waals surface area contributed by atoms with Crippen LogP contribution in [-0.4, -0.2) is 25.0 Å². The summed E-state index contributed by atoms with van der Waals surface area (Å²) in [6, 6.07) is 0. The van der Waals surface area contributed by atoms with E-state index in [9.17, 15) is 4.79 Å². The van der Waals surface area contributed by atoms with E-state index in [0.29, 0.717) is 13.0 Å². The van der Waals surface area contributed by atoms with Gasteiger partial charge in [0, 0.05) is 6.08 Å². The Morgan fingerprint density at radius 1 is 1.77 bits per heavy atom. The number of carbonyl (C=O) groups is 1. The molecule has 2 unspecified atom stereocenters. The number of rotatable bonds is 2. The van der Waals surface area contributed by atoms with E-state index in [4.69, 9.17) is 14.2 Å². The minimum absolute atomic E-state index is 0.0254. The van der Waals surface area contributed by atoms with Crippen LogP contribution in [0.3, 0.4) is 0 Å². The van der Waals surface area contributed by atoms with Gasteiger partial charge in [0.05, 0.1) is 13.0 Å². The molecule has 4 heteroatoms. The van der Waals surface area contributed by atoms with Crippen LogP contribution in [0, 0.1) is 0 Å². The first kappa shape index (κ1) is 8.31. The van der Waals surface area contributed by atoms with Crippen molar-refractivity contribution < 1.29 is 19.0 Å². The van der Waals surface area contributed by atoms with Gasteiger partial charge in [0.15, 0.2) is 0 Å². The standard InChI is InChI=1S/C9H10O4/c1-2-8(10)13-9-5-7-6(12-9)3-4-11-7/h2-3,7,9H,1,4-5H2. The molecule has 70 valence electrons. The van der Waals surface area contributed by atoms with Crippen molar-refractivity contribution in [3.63, 3.8) is 0 Å². The molecule has 0 spiro atoms. The van der Waals surface area contributed by atoms with Gasteiger partial charge in [-0.3, -0.25) is 0 Å². The van der Waals surface area contributed by atoms with Crippen LogP contribution in [0.2, 0.25) is 0 Å². The molecule has 0 radical (unpaired) electrons.